The molecule has 1 N–H and O–H groups in total. The summed E-state index contributed by atoms with van der Waals surface area (Å²) >= 11 is 1.73. The average Bonchev–Trinajstić information content (AvgIpc) is 3.16. The van der Waals surface area contributed by atoms with E-state index in [0.29, 0.717) is 13.0 Å². The van der Waals surface area contributed by atoms with E-state index in [1.807, 2.05) is 18.2 Å². The first-order chi connectivity index (χ1) is 14.7. The SMILES string of the molecule is CN1CCc2cc(C(CNC(=O)CCSc3ccccc3)N3CCOCC3)ccc21. The molecule has 0 spiro atoms. The van der Waals surface area contributed by atoms with E-state index in [9.17, 15) is 4.79 Å². The predicted octanol–water partition coefficient (Wildman–Crippen LogP) is 3.35. The molecular formula is C24H31N3O2S. The number of carbonyl (C=O) groups is 1. The minimum absolute atomic E-state index is 0.123. The van der Waals surface area contributed by atoms with E-state index in [4.69, 9.17) is 4.74 Å². The van der Waals surface area contributed by atoms with Gasteiger partial charge in [-0.15, -0.1) is 11.8 Å². The Hall–Kier alpha value is -2.02. The van der Waals surface area contributed by atoms with Crippen molar-refractivity contribution in [2.24, 2.45) is 0 Å². The zero-order valence-electron chi connectivity index (χ0n) is 17.7. The van der Waals surface area contributed by atoms with Crippen molar-refractivity contribution in [3.63, 3.8) is 0 Å². The fourth-order valence-corrected chi connectivity index (χ4v) is 5.09. The van der Waals surface area contributed by atoms with Crippen LogP contribution in [-0.2, 0) is 16.0 Å². The van der Waals surface area contributed by atoms with Crippen molar-refractivity contribution in [3.8, 4) is 0 Å². The van der Waals surface area contributed by atoms with Crippen molar-refractivity contribution in [1.29, 1.82) is 0 Å². The molecule has 2 aliphatic heterocycles. The monoisotopic (exact) mass is 425 g/mol. The number of anilines is 1. The summed E-state index contributed by atoms with van der Waals surface area (Å²) in [4.78, 5) is 18.5. The molecule has 160 valence electrons. The third kappa shape index (κ3) is 5.36. The lowest BCUT2D eigenvalue weighted by molar-refractivity contribution is -0.121. The van der Waals surface area contributed by atoms with Crippen LogP contribution in [0.3, 0.4) is 0 Å². The second kappa shape index (κ2) is 10.3. The summed E-state index contributed by atoms with van der Waals surface area (Å²) in [5.74, 6) is 0.918. The zero-order valence-corrected chi connectivity index (χ0v) is 18.5. The Morgan fingerprint density at radius 2 is 1.93 bits per heavy atom. The highest BCUT2D eigenvalue weighted by Crippen LogP contribution is 2.31. The predicted molar refractivity (Wildman–Crippen MR) is 123 cm³/mol. The molecule has 0 bridgehead atoms. The maximum Gasteiger partial charge on any atom is 0.220 e. The van der Waals surface area contributed by atoms with Crippen LogP contribution in [0.25, 0.3) is 0 Å². The van der Waals surface area contributed by atoms with Gasteiger partial charge in [-0.25, -0.2) is 0 Å². The molecule has 30 heavy (non-hydrogen) atoms. The standard InChI is InChI=1S/C24H31N3O2S/c1-26-11-9-20-17-19(7-8-22(20)26)23(27-12-14-29-15-13-27)18-25-24(28)10-16-30-21-5-3-2-4-6-21/h2-8,17,23H,9-16,18H2,1H3,(H,25,28). The summed E-state index contributed by atoms with van der Waals surface area (Å²) in [5, 5.41) is 3.20. The van der Waals surface area contributed by atoms with Gasteiger partial charge in [0.05, 0.1) is 19.3 Å². The van der Waals surface area contributed by atoms with Gasteiger partial charge in [-0.2, -0.15) is 0 Å². The van der Waals surface area contributed by atoms with Gasteiger partial charge in [-0.05, 0) is 35.7 Å². The third-order valence-corrected chi connectivity index (χ3v) is 6.95. The largest absolute Gasteiger partial charge is 0.379 e. The smallest absolute Gasteiger partial charge is 0.220 e. The zero-order chi connectivity index (χ0) is 20.8. The first-order valence-corrected chi connectivity index (χ1v) is 11.8. The Kier molecular flexibility index (Phi) is 7.31. The highest BCUT2D eigenvalue weighted by Gasteiger charge is 2.25. The molecule has 0 aromatic heterocycles. The number of hydrogen-bond donors (Lipinski definition) is 1. The number of amides is 1. The van der Waals surface area contributed by atoms with Crippen molar-refractivity contribution in [1.82, 2.24) is 10.2 Å². The quantitative estimate of drug-likeness (QED) is 0.657. The molecule has 1 saturated heterocycles. The molecule has 1 atom stereocenters. The van der Waals surface area contributed by atoms with Crippen molar-refractivity contribution >= 4 is 23.4 Å². The van der Waals surface area contributed by atoms with Crippen molar-refractivity contribution < 1.29 is 9.53 Å². The summed E-state index contributed by atoms with van der Waals surface area (Å²) in [6, 6.07) is 17.3. The van der Waals surface area contributed by atoms with Crippen LogP contribution in [0.15, 0.2) is 53.4 Å². The number of likely N-dealkylation sites (N-methyl/N-ethyl adjacent to an activating group) is 1. The van der Waals surface area contributed by atoms with Gasteiger partial charge < -0.3 is 15.0 Å². The fraction of sp³-hybridized carbons (Fsp3) is 0.458. The number of benzene rings is 2. The number of hydrogen-bond acceptors (Lipinski definition) is 5. The molecule has 2 aromatic carbocycles. The van der Waals surface area contributed by atoms with Gasteiger partial charge >= 0.3 is 0 Å². The van der Waals surface area contributed by atoms with Crippen LogP contribution in [0.4, 0.5) is 5.69 Å². The van der Waals surface area contributed by atoms with Crippen LogP contribution in [0.1, 0.15) is 23.6 Å². The molecule has 5 nitrogen and oxygen atoms in total. The van der Waals surface area contributed by atoms with Crippen molar-refractivity contribution in [2.45, 2.75) is 23.8 Å². The van der Waals surface area contributed by atoms with Crippen LogP contribution < -0.4 is 10.2 Å². The van der Waals surface area contributed by atoms with Gasteiger partial charge in [0.1, 0.15) is 0 Å². The van der Waals surface area contributed by atoms with Crippen LogP contribution >= 0.6 is 11.8 Å². The Morgan fingerprint density at radius 3 is 2.73 bits per heavy atom. The van der Waals surface area contributed by atoms with Crippen LogP contribution in [0, 0.1) is 0 Å². The second-order valence-electron chi connectivity index (χ2n) is 7.94. The Bertz CT molecular complexity index is 840. The summed E-state index contributed by atoms with van der Waals surface area (Å²) in [5.41, 5.74) is 4.05. The molecular weight excluding hydrogens is 394 g/mol. The number of ether oxygens (including phenoxy) is 1. The number of nitrogens with one attached hydrogen (secondary N) is 1. The maximum atomic E-state index is 12.5. The molecule has 6 heteroatoms. The Balaban J connectivity index is 1.36. The van der Waals surface area contributed by atoms with E-state index in [0.717, 1.165) is 45.0 Å². The van der Waals surface area contributed by atoms with Crippen molar-refractivity contribution in [2.75, 3.05) is 57.1 Å². The van der Waals surface area contributed by atoms with E-state index >= 15 is 0 Å². The molecule has 0 aliphatic carbocycles. The molecule has 1 fully saturated rings. The number of nitrogens with zero attached hydrogens (tertiary/aromatic N) is 2. The molecule has 0 radical (unpaired) electrons. The molecule has 2 aromatic rings. The van der Waals surface area contributed by atoms with Crippen LogP contribution in [0.2, 0.25) is 0 Å². The third-order valence-electron chi connectivity index (χ3n) is 5.94. The van der Waals surface area contributed by atoms with Gasteiger partial charge in [-0.3, -0.25) is 9.69 Å². The minimum Gasteiger partial charge on any atom is -0.379 e. The van der Waals surface area contributed by atoms with Crippen LogP contribution in [-0.4, -0.2) is 63.0 Å². The molecule has 4 rings (SSSR count). The van der Waals surface area contributed by atoms with Crippen molar-refractivity contribution in [3.05, 3.63) is 59.7 Å². The lowest BCUT2D eigenvalue weighted by Gasteiger charge is -2.35. The summed E-state index contributed by atoms with van der Waals surface area (Å²) in [7, 11) is 2.15. The lowest BCUT2D eigenvalue weighted by atomic mass is 10.0. The minimum atomic E-state index is 0.123. The molecule has 1 amide bonds. The van der Waals surface area contributed by atoms with E-state index in [1.165, 1.54) is 21.7 Å². The van der Waals surface area contributed by atoms with Gasteiger partial charge in [-0.1, -0.05) is 30.3 Å². The highest BCUT2D eigenvalue weighted by molar-refractivity contribution is 7.99. The fourth-order valence-electron chi connectivity index (χ4n) is 4.22. The Labute approximate surface area is 183 Å². The molecule has 2 heterocycles. The van der Waals surface area contributed by atoms with Gasteiger partial charge in [0.15, 0.2) is 0 Å². The van der Waals surface area contributed by atoms with E-state index in [-0.39, 0.29) is 11.9 Å². The average molecular weight is 426 g/mol. The molecule has 1 unspecified atom stereocenters. The number of morpholine rings is 1. The first kappa shape index (κ1) is 21.2. The topological polar surface area (TPSA) is 44.8 Å². The molecule has 2 aliphatic rings. The van der Waals surface area contributed by atoms with E-state index in [2.05, 4.69) is 52.5 Å². The van der Waals surface area contributed by atoms with Crippen LogP contribution in [0.5, 0.6) is 0 Å². The highest BCUT2D eigenvalue weighted by atomic mass is 32.2. The maximum absolute atomic E-state index is 12.5. The Morgan fingerprint density at radius 1 is 1.13 bits per heavy atom. The first-order valence-electron chi connectivity index (χ1n) is 10.8. The summed E-state index contributed by atoms with van der Waals surface area (Å²) < 4.78 is 5.56. The number of fused-ring (bicyclic) bond motifs is 1. The van der Waals surface area contributed by atoms with E-state index in [1.54, 1.807) is 11.8 Å². The number of carbonyl (C=O) groups excluding carboxylic acids is 1. The normalized spacial score (nSPS) is 17.6. The second-order valence-corrected chi connectivity index (χ2v) is 9.11. The summed E-state index contributed by atoms with van der Waals surface area (Å²) in [6.07, 6.45) is 1.63. The van der Waals surface area contributed by atoms with Gasteiger partial charge in [0, 0.05) is 56.0 Å². The van der Waals surface area contributed by atoms with Gasteiger partial charge in [0.2, 0.25) is 5.91 Å². The van der Waals surface area contributed by atoms with Gasteiger partial charge in [0.25, 0.3) is 0 Å². The lowest BCUT2D eigenvalue weighted by Crippen LogP contribution is -2.43. The number of thioether (sulfide) groups is 1. The van der Waals surface area contributed by atoms with E-state index < -0.39 is 0 Å². The summed E-state index contributed by atoms with van der Waals surface area (Å²) in [6.45, 7) is 5.04. The number of rotatable bonds is 8. The molecule has 0 saturated carbocycles.